The molecule has 21 heavy (non-hydrogen) atoms. The lowest BCUT2D eigenvalue weighted by molar-refractivity contribution is 0.0696. The van der Waals surface area contributed by atoms with Crippen LogP contribution < -0.4 is 5.32 Å². The van der Waals surface area contributed by atoms with E-state index in [4.69, 9.17) is 5.11 Å². The predicted molar refractivity (Wildman–Crippen MR) is 76.8 cm³/mol. The van der Waals surface area contributed by atoms with Crippen molar-refractivity contribution in [3.05, 3.63) is 46.5 Å². The zero-order valence-electron chi connectivity index (χ0n) is 11.6. The van der Waals surface area contributed by atoms with Gasteiger partial charge in [0.25, 0.3) is 11.8 Å². The molecule has 0 saturated carbocycles. The van der Waals surface area contributed by atoms with E-state index >= 15 is 0 Å². The molecule has 2 aromatic rings. The summed E-state index contributed by atoms with van der Waals surface area (Å²) in [6, 6.07) is 6.35. The van der Waals surface area contributed by atoms with Gasteiger partial charge in [-0.3, -0.25) is 14.9 Å². The quantitative estimate of drug-likeness (QED) is 0.830. The lowest BCUT2D eigenvalue weighted by atomic mass is 9.89. The van der Waals surface area contributed by atoms with Gasteiger partial charge in [0.2, 0.25) is 0 Å². The Labute approximate surface area is 120 Å². The van der Waals surface area contributed by atoms with Gasteiger partial charge in [0.05, 0.1) is 16.7 Å². The first-order valence-corrected chi connectivity index (χ1v) is 6.59. The summed E-state index contributed by atoms with van der Waals surface area (Å²) < 4.78 is 0. The zero-order valence-corrected chi connectivity index (χ0v) is 11.6. The molecule has 1 aliphatic rings. The molecule has 2 N–H and O–H groups in total. The van der Waals surface area contributed by atoms with Crippen LogP contribution in [-0.4, -0.2) is 22.9 Å². The van der Waals surface area contributed by atoms with Crippen LogP contribution in [0.3, 0.4) is 0 Å². The van der Waals surface area contributed by atoms with Gasteiger partial charge >= 0.3 is 5.97 Å². The number of hydrogen-bond acceptors (Lipinski definition) is 3. The summed E-state index contributed by atoms with van der Waals surface area (Å²) >= 11 is 0. The van der Waals surface area contributed by atoms with Crippen molar-refractivity contribution in [1.82, 2.24) is 5.32 Å². The third-order valence-corrected chi connectivity index (χ3v) is 3.72. The number of benzene rings is 2. The average Bonchev–Trinajstić information content (AvgIpc) is 2.72. The molecule has 0 unspecified atom stereocenters. The molecule has 0 aliphatic carbocycles. The van der Waals surface area contributed by atoms with Gasteiger partial charge in [0.15, 0.2) is 0 Å². The maximum absolute atomic E-state index is 12.0. The van der Waals surface area contributed by atoms with Crippen molar-refractivity contribution in [3.63, 3.8) is 0 Å². The highest BCUT2D eigenvalue weighted by Gasteiger charge is 2.32. The molecule has 1 heterocycles. The lowest BCUT2D eigenvalue weighted by Gasteiger charge is -2.12. The van der Waals surface area contributed by atoms with Gasteiger partial charge in [-0.1, -0.05) is 26.0 Å². The van der Waals surface area contributed by atoms with Crippen molar-refractivity contribution >= 4 is 28.6 Å². The molecular formula is C16H13NO4. The van der Waals surface area contributed by atoms with Crippen LogP contribution in [0.4, 0.5) is 0 Å². The fourth-order valence-electron chi connectivity index (χ4n) is 2.73. The van der Waals surface area contributed by atoms with E-state index in [9.17, 15) is 14.4 Å². The summed E-state index contributed by atoms with van der Waals surface area (Å²) in [5.74, 6) is -1.79. The number of carbonyl (C=O) groups is 3. The Balaban J connectivity index is 2.43. The number of imide groups is 1. The molecule has 5 heteroatoms. The molecule has 1 aliphatic heterocycles. The summed E-state index contributed by atoms with van der Waals surface area (Å²) in [6.45, 7) is 3.86. The van der Waals surface area contributed by atoms with Crippen LogP contribution in [0.2, 0.25) is 0 Å². The molecule has 0 fully saturated rings. The van der Waals surface area contributed by atoms with Crippen LogP contribution in [0.1, 0.15) is 56.4 Å². The molecule has 0 radical (unpaired) electrons. The maximum atomic E-state index is 12.0. The Morgan fingerprint density at radius 3 is 2.38 bits per heavy atom. The standard InChI is InChI=1S/C16H13NO4/c1-7(2)11-6-9-5-8(16(20)21)3-4-10(9)12-13(11)15(19)17-14(12)18/h3-7H,1-2H3,(H,20,21)(H,17,18,19). The fraction of sp³-hybridized carbons (Fsp3) is 0.188. The number of aromatic carboxylic acids is 1. The van der Waals surface area contributed by atoms with Crippen LogP contribution >= 0.6 is 0 Å². The predicted octanol–water partition coefficient (Wildman–Crippen LogP) is 2.54. The van der Waals surface area contributed by atoms with Crippen molar-refractivity contribution in [3.8, 4) is 0 Å². The van der Waals surface area contributed by atoms with Gasteiger partial charge in [0, 0.05) is 0 Å². The molecule has 106 valence electrons. The lowest BCUT2D eigenvalue weighted by Crippen LogP contribution is -2.20. The average molecular weight is 283 g/mol. The first kappa shape index (κ1) is 13.3. The van der Waals surface area contributed by atoms with E-state index in [0.29, 0.717) is 21.9 Å². The van der Waals surface area contributed by atoms with Gasteiger partial charge in [-0.25, -0.2) is 4.79 Å². The van der Waals surface area contributed by atoms with Crippen LogP contribution in [0.15, 0.2) is 24.3 Å². The summed E-state index contributed by atoms with van der Waals surface area (Å²) in [6.07, 6.45) is 0. The molecule has 0 saturated heterocycles. The minimum absolute atomic E-state index is 0.0493. The van der Waals surface area contributed by atoms with Gasteiger partial charge in [-0.2, -0.15) is 0 Å². The summed E-state index contributed by atoms with van der Waals surface area (Å²) in [7, 11) is 0. The Morgan fingerprint density at radius 1 is 1.10 bits per heavy atom. The van der Waals surface area contributed by atoms with Crippen molar-refractivity contribution in [2.24, 2.45) is 0 Å². The molecule has 2 amide bonds. The smallest absolute Gasteiger partial charge is 0.335 e. The molecule has 0 bridgehead atoms. The van der Waals surface area contributed by atoms with Crippen molar-refractivity contribution in [1.29, 1.82) is 0 Å². The molecule has 2 aromatic carbocycles. The molecule has 0 spiro atoms. The zero-order chi connectivity index (χ0) is 15.3. The number of rotatable bonds is 2. The highest BCUT2D eigenvalue weighted by molar-refractivity contribution is 6.27. The monoisotopic (exact) mass is 283 g/mol. The van der Waals surface area contributed by atoms with E-state index in [-0.39, 0.29) is 17.4 Å². The molecule has 0 aromatic heterocycles. The Hall–Kier alpha value is -2.69. The highest BCUT2D eigenvalue weighted by Crippen LogP contribution is 2.33. The first-order valence-electron chi connectivity index (χ1n) is 6.59. The van der Waals surface area contributed by atoms with Crippen LogP contribution in [0.25, 0.3) is 10.8 Å². The second kappa shape index (κ2) is 4.41. The second-order valence-corrected chi connectivity index (χ2v) is 5.39. The topological polar surface area (TPSA) is 83.5 Å². The minimum Gasteiger partial charge on any atom is -0.478 e. The van der Waals surface area contributed by atoms with Crippen molar-refractivity contribution in [2.75, 3.05) is 0 Å². The van der Waals surface area contributed by atoms with Gasteiger partial charge in [0.1, 0.15) is 0 Å². The molecule has 0 atom stereocenters. The largest absolute Gasteiger partial charge is 0.478 e. The molecular weight excluding hydrogens is 270 g/mol. The van der Waals surface area contributed by atoms with Crippen LogP contribution in [0, 0.1) is 0 Å². The maximum Gasteiger partial charge on any atom is 0.335 e. The Morgan fingerprint density at radius 2 is 1.76 bits per heavy atom. The fourth-order valence-corrected chi connectivity index (χ4v) is 2.73. The van der Waals surface area contributed by atoms with E-state index in [2.05, 4.69) is 5.32 Å². The van der Waals surface area contributed by atoms with E-state index in [0.717, 1.165) is 5.56 Å². The van der Waals surface area contributed by atoms with Gasteiger partial charge in [-0.15, -0.1) is 0 Å². The number of nitrogens with one attached hydrogen (secondary N) is 1. The molecule has 3 rings (SSSR count). The first-order chi connectivity index (χ1) is 9.90. The van der Waals surface area contributed by atoms with Gasteiger partial charge < -0.3 is 5.11 Å². The second-order valence-electron chi connectivity index (χ2n) is 5.39. The number of amides is 2. The number of carbonyl (C=O) groups excluding carboxylic acids is 2. The third kappa shape index (κ3) is 1.89. The van der Waals surface area contributed by atoms with E-state index in [1.54, 1.807) is 12.1 Å². The summed E-state index contributed by atoms with van der Waals surface area (Å²) in [5.41, 5.74) is 1.66. The number of fused-ring (bicyclic) bond motifs is 3. The number of carboxylic acids is 1. The van der Waals surface area contributed by atoms with Crippen molar-refractivity contribution < 1.29 is 19.5 Å². The van der Waals surface area contributed by atoms with Crippen LogP contribution in [-0.2, 0) is 0 Å². The van der Waals surface area contributed by atoms with E-state index < -0.39 is 11.9 Å². The van der Waals surface area contributed by atoms with Gasteiger partial charge in [-0.05, 0) is 34.4 Å². The molecule has 5 nitrogen and oxygen atoms in total. The Bertz CT molecular complexity index is 821. The number of carboxylic acid groups (broad SMARTS) is 1. The van der Waals surface area contributed by atoms with Crippen LogP contribution in [0.5, 0.6) is 0 Å². The summed E-state index contributed by atoms with van der Waals surface area (Å²) in [4.78, 5) is 35.1. The third-order valence-electron chi connectivity index (χ3n) is 3.72. The number of hydrogen-bond donors (Lipinski definition) is 2. The minimum atomic E-state index is -1.02. The van der Waals surface area contributed by atoms with E-state index in [1.165, 1.54) is 12.1 Å². The summed E-state index contributed by atoms with van der Waals surface area (Å²) in [5, 5.41) is 12.6. The van der Waals surface area contributed by atoms with Crippen molar-refractivity contribution in [2.45, 2.75) is 19.8 Å². The normalized spacial score (nSPS) is 13.7. The SMILES string of the molecule is CC(C)c1cc2cc(C(=O)O)ccc2c2c1C(=O)NC2=O. The highest BCUT2D eigenvalue weighted by atomic mass is 16.4. The van der Waals surface area contributed by atoms with E-state index in [1.807, 2.05) is 13.8 Å². The Kier molecular flexibility index (Phi) is 2.79.